The number of nitrogens with zero attached hydrogens (tertiary/aromatic N) is 1. The zero-order valence-electron chi connectivity index (χ0n) is 20.9. The van der Waals surface area contributed by atoms with E-state index in [4.69, 9.17) is 3.32 Å². The third-order valence-corrected chi connectivity index (χ3v) is 13.3. The quantitative estimate of drug-likeness (QED) is 0.276. The minimum absolute atomic E-state index is 0. The second kappa shape index (κ2) is 12.4. The molecule has 0 fully saturated rings. The van der Waals surface area contributed by atoms with Crippen LogP contribution in [-0.2, 0) is 20.3 Å². The molecule has 0 spiro atoms. The summed E-state index contributed by atoms with van der Waals surface area (Å²) in [6, 6.07) is 35.3. The molecule has 0 unspecified atom stereocenters. The molecule has 4 aromatic carbocycles. The summed E-state index contributed by atoms with van der Waals surface area (Å²) in [4.78, 5) is 2.26. The minimum Gasteiger partial charge on any atom is -1.00 e. The first-order chi connectivity index (χ1) is 16.6. The monoisotopic (exact) mass is 551 g/mol. The van der Waals surface area contributed by atoms with Crippen molar-refractivity contribution in [3.63, 3.8) is 0 Å². The number of rotatable bonds is 7. The van der Waals surface area contributed by atoms with E-state index in [9.17, 15) is 0 Å². The summed E-state index contributed by atoms with van der Waals surface area (Å²) in [5.74, 6) is 0. The Bertz CT molecular complexity index is 1330. The van der Waals surface area contributed by atoms with Gasteiger partial charge in [-0.15, -0.1) is 0 Å². The van der Waals surface area contributed by atoms with E-state index in [2.05, 4.69) is 128 Å². The predicted molar refractivity (Wildman–Crippen MR) is 142 cm³/mol. The molecule has 36 heavy (non-hydrogen) atoms. The van der Waals surface area contributed by atoms with Crippen LogP contribution in [-0.4, -0.2) is 32.6 Å². The Morgan fingerprint density at radius 3 is 1.92 bits per heavy atom. The first-order valence-electron chi connectivity index (χ1n) is 11.9. The second-order valence-electron chi connectivity index (χ2n) is 9.17. The van der Waals surface area contributed by atoms with Crippen molar-refractivity contribution >= 4 is 28.0 Å². The molecule has 0 amide bonds. The molecule has 184 valence electrons. The first kappa shape index (κ1) is 28.4. The number of likely N-dealkylation sites (N-methyl/N-ethyl adjacent to an activating group) is 1. The van der Waals surface area contributed by atoms with Gasteiger partial charge in [-0.25, -0.2) is 0 Å². The van der Waals surface area contributed by atoms with Gasteiger partial charge in [-0.3, -0.25) is 0 Å². The molecule has 5 rings (SSSR count). The molecule has 0 bridgehead atoms. The molecule has 0 saturated carbocycles. The smallest absolute Gasteiger partial charge is 1.00 e. The van der Waals surface area contributed by atoms with Crippen LogP contribution in [0.25, 0.3) is 16.3 Å². The summed E-state index contributed by atoms with van der Waals surface area (Å²) >= 11 is -3.54. The fraction of sp³-hybridized carbons (Fsp3) is 0.161. The Balaban J connectivity index is 0.00000180. The Hall–Kier alpha value is -2.17. The van der Waals surface area contributed by atoms with Gasteiger partial charge in [-0.05, 0) is 0 Å². The standard InChI is InChI=1S/C18H18N.2C6H5.CH3O.2ClH.Ti/c1-19(2)13-17-8-5-9-18(17)16-11-10-14-6-3-4-7-15(14)12-16;2*1-2-4-6-5-3-1;1-2;;;/h3-8,10-11H,9,13H2,1-2H3;2*1-5H;1H3;2*1H;/q;;;-1;;;+3/p-2. The second-order valence-corrected chi connectivity index (χ2v) is 14.5. The van der Waals surface area contributed by atoms with Crippen molar-refractivity contribution in [1.29, 1.82) is 0 Å². The molecule has 2 nitrogen and oxygen atoms in total. The van der Waals surface area contributed by atoms with Crippen LogP contribution in [0, 0.1) is 0 Å². The van der Waals surface area contributed by atoms with Crippen LogP contribution in [0.1, 0.15) is 12.0 Å². The summed E-state index contributed by atoms with van der Waals surface area (Å²) in [7, 11) is 6.21. The van der Waals surface area contributed by atoms with Crippen molar-refractivity contribution in [3.8, 4) is 0 Å². The van der Waals surface area contributed by atoms with Gasteiger partial charge in [0.15, 0.2) is 0 Å². The molecule has 0 saturated heterocycles. The van der Waals surface area contributed by atoms with Crippen molar-refractivity contribution < 1.29 is 45.1 Å². The first-order valence-corrected chi connectivity index (χ1v) is 14.8. The number of hydrogen-bond donors (Lipinski definition) is 0. The van der Waals surface area contributed by atoms with Crippen LogP contribution < -0.4 is 36.4 Å². The van der Waals surface area contributed by atoms with Crippen LogP contribution in [0.4, 0.5) is 0 Å². The third-order valence-electron chi connectivity index (χ3n) is 6.79. The average Bonchev–Trinajstić information content (AvgIpc) is 3.33. The van der Waals surface area contributed by atoms with Crippen LogP contribution in [0.15, 0.2) is 115 Å². The van der Waals surface area contributed by atoms with E-state index in [1.807, 2.05) is 7.11 Å². The molecule has 1 aliphatic carbocycles. The van der Waals surface area contributed by atoms with Crippen LogP contribution in [0.2, 0.25) is 0 Å². The number of halogens is 2. The number of hydrogen-bond acceptors (Lipinski definition) is 2. The number of benzene rings is 4. The summed E-state index contributed by atoms with van der Waals surface area (Å²) in [5, 5.41) is 2.57. The van der Waals surface area contributed by atoms with Crippen LogP contribution in [0.3, 0.4) is 0 Å². The van der Waals surface area contributed by atoms with E-state index in [0.717, 1.165) is 13.0 Å². The Morgan fingerprint density at radius 2 is 1.33 bits per heavy atom. The zero-order chi connectivity index (χ0) is 23.5. The molecule has 4 aromatic rings. The van der Waals surface area contributed by atoms with Crippen LogP contribution >= 0.6 is 0 Å². The van der Waals surface area contributed by atoms with Gasteiger partial charge in [0.1, 0.15) is 0 Å². The van der Waals surface area contributed by atoms with Gasteiger partial charge >= 0.3 is 208 Å². The summed E-state index contributed by atoms with van der Waals surface area (Å²) < 4.78 is 10.9. The van der Waals surface area contributed by atoms with Gasteiger partial charge in [0.25, 0.3) is 0 Å². The molecule has 1 aliphatic rings. The normalized spacial score (nSPS) is 12.7. The summed E-state index contributed by atoms with van der Waals surface area (Å²) in [5.41, 5.74) is 4.17. The van der Waals surface area contributed by atoms with Crippen molar-refractivity contribution in [2.24, 2.45) is 0 Å². The maximum Gasteiger partial charge on any atom is -1.00 e. The molecule has 0 atom stereocenters. The van der Waals surface area contributed by atoms with E-state index in [1.54, 1.807) is 0 Å². The van der Waals surface area contributed by atoms with Crippen molar-refractivity contribution in [2.45, 2.75) is 6.42 Å². The van der Waals surface area contributed by atoms with Crippen molar-refractivity contribution in [3.05, 3.63) is 120 Å². The molecular formula is C31H31Cl2NOTi. The molecule has 0 aliphatic heterocycles. The minimum atomic E-state index is -3.54. The molecule has 0 radical (unpaired) electrons. The van der Waals surface area contributed by atoms with E-state index < -0.39 is 17.0 Å². The Labute approximate surface area is 231 Å². The zero-order valence-corrected chi connectivity index (χ0v) is 24.0. The fourth-order valence-corrected chi connectivity index (χ4v) is 11.8. The van der Waals surface area contributed by atoms with E-state index in [-0.39, 0.29) is 24.8 Å². The summed E-state index contributed by atoms with van der Waals surface area (Å²) in [6.45, 7) is 0.932. The fourth-order valence-electron chi connectivity index (χ4n) is 5.36. The van der Waals surface area contributed by atoms with Crippen LogP contribution in [0.5, 0.6) is 0 Å². The van der Waals surface area contributed by atoms with Gasteiger partial charge in [-0.2, -0.15) is 0 Å². The van der Waals surface area contributed by atoms with Gasteiger partial charge in [0.05, 0.1) is 0 Å². The topological polar surface area (TPSA) is 12.5 Å². The number of fused-ring (bicyclic) bond motifs is 1. The molecular weight excluding hydrogens is 521 g/mol. The van der Waals surface area contributed by atoms with Crippen molar-refractivity contribution in [2.75, 3.05) is 27.7 Å². The van der Waals surface area contributed by atoms with Gasteiger partial charge in [0, 0.05) is 0 Å². The molecule has 0 heterocycles. The SMILES string of the molecule is C[O][Ti+2]([c]1ccccc1)([c]1ccccc1)[c]1c(C2=C(CN(C)C)C=CC2)ccc2ccccc12.[Cl-].[Cl-]. The maximum absolute atomic E-state index is 6.85. The maximum atomic E-state index is 6.85. The van der Waals surface area contributed by atoms with Gasteiger partial charge in [-0.1, -0.05) is 0 Å². The number of allylic oxidation sites excluding steroid dienone is 2. The van der Waals surface area contributed by atoms with E-state index in [0.29, 0.717) is 0 Å². The third kappa shape index (κ3) is 5.13. The molecule has 0 N–H and O–H groups in total. The van der Waals surface area contributed by atoms with Gasteiger partial charge < -0.3 is 24.8 Å². The molecule has 5 heteroatoms. The molecule has 0 aromatic heterocycles. The largest absolute Gasteiger partial charge is 1.00 e. The van der Waals surface area contributed by atoms with Crippen molar-refractivity contribution in [1.82, 2.24) is 4.90 Å². The predicted octanol–water partition coefficient (Wildman–Crippen LogP) is -0.885. The van der Waals surface area contributed by atoms with Gasteiger partial charge in [0.2, 0.25) is 0 Å². The Morgan fingerprint density at radius 1 is 0.750 bits per heavy atom. The Kier molecular flexibility index (Phi) is 9.77. The average molecular weight is 552 g/mol. The van der Waals surface area contributed by atoms with E-state index >= 15 is 0 Å². The van der Waals surface area contributed by atoms with E-state index in [1.165, 1.54) is 39.1 Å². The summed E-state index contributed by atoms with van der Waals surface area (Å²) in [6.07, 6.45) is 5.57.